The van der Waals surface area contributed by atoms with Crippen LogP contribution in [-0.4, -0.2) is 29.9 Å². The summed E-state index contributed by atoms with van der Waals surface area (Å²) in [4.78, 5) is 0. The van der Waals surface area contributed by atoms with Crippen LogP contribution in [0.25, 0.3) is 0 Å². The van der Waals surface area contributed by atoms with Crippen LogP contribution in [0.4, 0.5) is 17.6 Å². The Balaban J connectivity index is 3.09. The molecule has 0 heterocycles. The Morgan fingerprint density at radius 1 is 1.26 bits per heavy atom. The second-order valence-corrected chi connectivity index (χ2v) is 4.11. The van der Waals surface area contributed by atoms with Crippen LogP contribution in [0.3, 0.4) is 0 Å². The third kappa shape index (κ3) is 3.89. The Bertz CT molecular complexity index is 423. The van der Waals surface area contributed by atoms with Crippen molar-refractivity contribution >= 4 is 0 Å². The lowest BCUT2D eigenvalue weighted by Gasteiger charge is -2.22. The predicted molar refractivity (Wildman–Crippen MR) is 60.9 cm³/mol. The molecule has 1 aromatic carbocycles. The lowest BCUT2D eigenvalue weighted by atomic mass is 9.96. The molecule has 0 spiro atoms. The fourth-order valence-corrected chi connectivity index (χ4v) is 1.74. The Labute approximate surface area is 107 Å². The van der Waals surface area contributed by atoms with Crippen molar-refractivity contribution in [1.82, 2.24) is 5.32 Å². The van der Waals surface area contributed by atoms with Crippen LogP contribution in [0.1, 0.15) is 23.7 Å². The van der Waals surface area contributed by atoms with Gasteiger partial charge in [-0.2, -0.15) is 13.2 Å². The average Bonchev–Trinajstić information content (AvgIpc) is 2.33. The molecular weight excluding hydrogens is 266 g/mol. The van der Waals surface area contributed by atoms with Crippen molar-refractivity contribution in [3.8, 4) is 0 Å². The lowest BCUT2D eigenvalue weighted by molar-refractivity contribution is -0.142. The number of aliphatic hydroxyl groups is 2. The van der Waals surface area contributed by atoms with Gasteiger partial charge in [-0.1, -0.05) is 12.1 Å². The summed E-state index contributed by atoms with van der Waals surface area (Å²) in [7, 11) is 1.60. The van der Waals surface area contributed by atoms with Gasteiger partial charge in [-0.25, -0.2) is 4.39 Å². The van der Waals surface area contributed by atoms with Crippen LogP contribution in [-0.2, 0) is 6.18 Å². The molecule has 108 valence electrons. The monoisotopic (exact) mass is 281 g/mol. The second-order valence-electron chi connectivity index (χ2n) is 4.11. The average molecular weight is 281 g/mol. The molecular formula is C12H15F4NO2. The number of nitrogens with one attached hydrogen (secondary N) is 1. The van der Waals surface area contributed by atoms with Gasteiger partial charge in [0.15, 0.2) is 0 Å². The molecule has 0 fully saturated rings. The van der Waals surface area contributed by atoms with Gasteiger partial charge in [0.2, 0.25) is 0 Å². The van der Waals surface area contributed by atoms with Crippen molar-refractivity contribution in [2.24, 2.45) is 0 Å². The molecule has 0 saturated carbocycles. The smallest absolute Gasteiger partial charge is 0.390 e. The Morgan fingerprint density at radius 2 is 1.89 bits per heavy atom. The highest BCUT2D eigenvalue weighted by Crippen LogP contribution is 2.37. The molecule has 0 aliphatic carbocycles. The van der Waals surface area contributed by atoms with E-state index in [1.165, 1.54) is 0 Å². The van der Waals surface area contributed by atoms with Crippen molar-refractivity contribution in [2.75, 3.05) is 13.6 Å². The van der Waals surface area contributed by atoms with E-state index in [1.807, 2.05) is 0 Å². The van der Waals surface area contributed by atoms with Crippen LogP contribution in [0, 0.1) is 5.82 Å². The van der Waals surface area contributed by atoms with Gasteiger partial charge in [0.1, 0.15) is 11.9 Å². The number of hydrogen-bond donors (Lipinski definition) is 3. The van der Waals surface area contributed by atoms with Gasteiger partial charge in [0, 0.05) is 0 Å². The third-order valence-electron chi connectivity index (χ3n) is 2.70. The number of hydrogen-bond acceptors (Lipinski definition) is 3. The SMILES string of the molecule is CNCCC(O)C(O)c1cccc(F)c1C(F)(F)F. The Hall–Kier alpha value is -1.18. The van der Waals surface area contributed by atoms with E-state index in [1.54, 1.807) is 7.05 Å². The maximum absolute atomic E-state index is 13.3. The molecule has 0 aromatic heterocycles. The molecule has 7 heteroatoms. The summed E-state index contributed by atoms with van der Waals surface area (Å²) in [5, 5.41) is 22.0. The van der Waals surface area contributed by atoms with Crippen LogP contribution in [0.5, 0.6) is 0 Å². The number of halogens is 4. The van der Waals surface area contributed by atoms with Crippen LogP contribution < -0.4 is 5.32 Å². The topological polar surface area (TPSA) is 52.5 Å². The minimum absolute atomic E-state index is 0.0471. The molecule has 0 amide bonds. The molecule has 0 saturated heterocycles. The number of benzene rings is 1. The summed E-state index contributed by atoms with van der Waals surface area (Å²) in [5.41, 5.74) is -2.19. The van der Waals surface area contributed by atoms with E-state index in [-0.39, 0.29) is 6.42 Å². The molecule has 19 heavy (non-hydrogen) atoms. The van der Waals surface area contributed by atoms with Gasteiger partial charge in [0.05, 0.1) is 11.7 Å². The van der Waals surface area contributed by atoms with Gasteiger partial charge in [0.25, 0.3) is 0 Å². The molecule has 0 radical (unpaired) electrons. The van der Waals surface area contributed by atoms with E-state index < -0.39 is 35.3 Å². The molecule has 1 aromatic rings. The molecule has 0 aliphatic heterocycles. The quantitative estimate of drug-likeness (QED) is 0.722. The zero-order valence-corrected chi connectivity index (χ0v) is 10.2. The first-order valence-corrected chi connectivity index (χ1v) is 5.65. The van der Waals surface area contributed by atoms with Gasteiger partial charge < -0.3 is 15.5 Å². The number of alkyl halides is 3. The minimum atomic E-state index is -4.93. The first-order valence-electron chi connectivity index (χ1n) is 5.65. The van der Waals surface area contributed by atoms with Crippen molar-refractivity contribution < 1.29 is 27.8 Å². The third-order valence-corrected chi connectivity index (χ3v) is 2.70. The first-order chi connectivity index (χ1) is 8.79. The van der Waals surface area contributed by atoms with E-state index in [4.69, 9.17) is 0 Å². The fourth-order valence-electron chi connectivity index (χ4n) is 1.74. The highest BCUT2D eigenvalue weighted by Gasteiger charge is 2.39. The summed E-state index contributed by atoms with van der Waals surface area (Å²) >= 11 is 0. The Kier molecular flexibility index (Phi) is 5.28. The summed E-state index contributed by atoms with van der Waals surface area (Å²) in [5.74, 6) is -1.47. The maximum Gasteiger partial charge on any atom is 0.419 e. The molecule has 0 aliphatic rings. The van der Waals surface area contributed by atoms with Gasteiger partial charge in [-0.15, -0.1) is 0 Å². The summed E-state index contributed by atoms with van der Waals surface area (Å²) in [6, 6.07) is 2.69. The molecule has 2 atom stereocenters. The van der Waals surface area contributed by atoms with E-state index >= 15 is 0 Å². The van der Waals surface area contributed by atoms with Crippen molar-refractivity contribution in [2.45, 2.75) is 24.8 Å². The summed E-state index contributed by atoms with van der Waals surface area (Å²) in [6.07, 6.45) is -8.08. The molecule has 0 bridgehead atoms. The van der Waals surface area contributed by atoms with E-state index in [9.17, 15) is 27.8 Å². The van der Waals surface area contributed by atoms with E-state index in [2.05, 4.69) is 5.32 Å². The van der Waals surface area contributed by atoms with E-state index in [0.29, 0.717) is 12.6 Å². The lowest BCUT2D eigenvalue weighted by Crippen LogP contribution is -2.26. The van der Waals surface area contributed by atoms with E-state index in [0.717, 1.165) is 12.1 Å². The summed E-state index contributed by atoms with van der Waals surface area (Å²) < 4.78 is 51.5. The zero-order valence-electron chi connectivity index (χ0n) is 10.2. The molecule has 3 N–H and O–H groups in total. The standard InChI is InChI=1S/C12H15F4NO2/c1-17-6-5-9(18)11(19)7-3-2-4-8(13)10(7)12(14,15)16/h2-4,9,11,17-19H,5-6H2,1H3. The first kappa shape index (κ1) is 15.9. The molecule has 1 rings (SSSR count). The van der Waals surface area contributed by atoms with Crippen LogP contribution in [0.2, 0.25) is 0 Å². The number of aliphatic hydroxyl groups excluding tert-OH is 2. The minimum Gasteiger partial charge on any atom is -0.390 e. The number of rotatable bonds is 5. The van der Waals surface area contributed by atoms with Gasteiger partial charge in [-0.05, 0) is 31.6 Å². The van der Waals surface area contributed by atoms with Crippen LogP contribution >= 0.6 is 0 Å². The largest absolute Gasteiger partial charge is 0.419 e. The molecule has 3 nitrogen and oxygen atoms in total. The predicted octanol–water partition coefficient (Wildman–Crippen LogP) is 1.85. The van der Waals surface area contributed by atoms with Crippen molar-refractivity contribution in [1.29, 1.82) is 0 Å². The van der Waals surface area contributed by atoms with Crippen molar-refractivity contribution in [3.63, 3.8) is 0 Å². The highest BCUT2D eigenvalue weighted by atomic mass is 19.4. The maximum atomic E-state index is 13.3. The van der Waals surface area contributed by atoms with Gasteiger partial charge in [-0.3, -0.25) is 0 Å². The van der Waals surface area contributed by atoms with Crippen molar-refractivity contribution in [3.05, 3.63) is 35.1 Å². The normalized spacial score (nSPS) is 15.3. The second kappa shape index (κ2) is 6.31. The fraction of sp³-hybridized carbons (Fsp3) is 0.500. The Morgan fingerprint density at radius 3 is 2.42 bits per heavy atom. The molecule has 2 unspecified atom stereocenters. The zero-order chi connectivity index (χ0) is 14.6. The highest BCUT2D eigenvalue weighted by molar-refractivity contribution is 5.33. The summed E-state index contributed by atoms with van der Waals surface area (Å²) in [6.45, 7) is 0.314. The van der Waals surface area contributed by atoms with Crippen LogP contribution in [0.15, 0.2) is 18.2 Å². The van der Waals surface area contributed by atoms with Gasteiger partial charge >= 0.3 is 6.18 Å².